The van der Waals surface area contributed by atoms with Crippen molar-refractivity contribution in [3.63, 3.8) is 0 Å². The van der Waals surface area contributed by atoms with Crippen LogP contribution in [-0.2, 0) is 13.1 Å². The quantitative estimate of drug-likeness (QED) is 0.277. The number of hydrogen-bond donors (Lipinski definition) is 2. The molecule has 11 nitrogen and oxygen atoms in total. The van der Waals surface area contributed by atoms with Crippen molar-refractivity contribution in [1.29, 1.82) is 0 Å². The zero-order chi connectivity index (χ0) is 30.0. The number of aryl methyl sites for hydroxylation is 1. The van der Waals surface area contributed by atoms with Gasteiger partial charge in [-0.2, -0.15) is 13.2 Å². The van der Waals surface area contributed by atoms with E-state index in [-0.39, 0.29) is 23.8 Å². The number of halogens is 4. The minimum atomic E-state index is -4.95. The van der Waals surface area contributed by atoms with Gasteiger partial charge in [0.25, 0.3) is 5.91 Å². The van der Waals surface area contributed by atoms with Crippen LogP contribution in [0, 0.1) is 6.92 Å². The monoisotopic (exact) mass is 598 g/mol. The average Bonchev–Trinajstić information content (AvgIpc) is 3.53. The lowest BCUT2D eigenvalue weighted by Crippen LogP contribution is -2.37. The first-order valence-corrected chi connectivity index (χ1v) is 12.8. The van der Waals surface area contributed by atoms with Gasteiger partial charge in [0.15, 0.2) is 17.8 Å². The Kier molecular flexibility index (Phi) is 7.91. The summed E-state index contributed by atoms with van der Waals surface area (Å²) in [6, 6.07) is 16.1. The Balaban J connectivity index is 1.44. The molecule has 0 aliphatic rings. The van der Waals surface area contributed by atoms with E-state index in [0.29, 0.717) is 22.1 Å². The molecule has 0 fully saturated rings. The summed E-state index contributed by atoms with van der Waals surface area (Å²) in [5.41, 5.74) is 0.967. The molecule has 5 aromatic rings. The molecule has 0 bridgehead atoms. The number of amides is 1. The zero-order valence-electron chi connectivity index (χ0n) is 21.8. The second-order valence-electron chi connectivity index (χ2n) is 9.23. The number of aromatic nitrogens is 7. The second kappa shape index (κ2) is 11.6. The molecule has 0 spiro atoms. The van der Waals surface area contributed by atoms with Crippen LogP contribution in [0.4, 0.5) is 19.0 Å². The topological polar surface area (TPSA) is 133 Å². The third-order valence-corrected chi connectivity index (χ3v) is 6.39. The Morgan fingerprint density at radius 2 is 1.81 bits per heavy atom. The maximum Gasteiger partial charge on any atom is 0.416 e. The van der Waals surface area contributed by atoms with Crippen molar-refractivity contribution in [1.82, 2.24) is 34.1 Å². The maximum absolute atomic E-state index is 13.2. The molecule has 5 rings (SSSR count). The van der Waals surface area contributed by atoms with E-state index in [2.05, 4.69) is 25.5 Å². The van der Waals surface area contributed by atoms with Gasteiger partial charge in [-0.25, -0.2) is 24.1 Å². The number of carbonyl (C=O) groups is 1. The fraction of sp³-hybridized carbons (Fsp3) is 0.185. The molecule has 1 atom stereocenters. The summed E-state index contributed by atoms with van der Waals surface area (Å²) < 4.78 is 42.4. The van der Waals surface area contributed by atoms with Gasteiger partial charge < -0.3 is 10.4 Å². The number of carbonyl (C=O) groups excluding carboxylic acids is 1. The molecule has 42 heavy (non-hydrogen) atoms. The van der Waals surface area contributed by atoms with Gasteiger partial charge in [0.2, 0.25) is 0 Å². The fourth-order valence-corrected chi connectivity index (χ4v) is 4.20. The van der Waals surface area contributed by atoms with E-state index in [4.69, 9.17) is 11.6 Å². The molecule has 0 saturated carbocycles. The van der Waals surface area contributed by atoms with Crippen LogP contribution in [0.1, 0.15) is 21.7 Å². The Labute approximate surface area is 240 Å². The highest BCUT2D eigenvalue weighted by atomic mass is 35.5. The Morgan fingerprint density at radius 3 is 2.52 bits per heavy atom. The van der Waals surface area contributed by atoms with Crippen LogP contribution in [0.15, 0.2) is 78.0 Å². The fourth-order valence-electron chi connectivity index (χ4n) is 4.07. The van der Waals surface area contributed by atoms with E-state index in [1.54, 1.807) is 42.6 Å². The van der Waals surface area contributed by atoms with E-state index in [0.717, 1.165) is 14.8 Å². The minimum Gasteiger partial charge on any atom is -0.382 e. The van der Waals surface area contributed by atoms with Gasteiger partial charge in [0.05, 0.1) is 17.8 Å². The molecule has 15 heteroatoms. The molecule has 2 N–H and O–H groups in total. The molecule has 0 saturated heterocycles. The Morgan fingerprint density at radius 1 is 1.07 bits per heavy atom. The number of para-hydroxylation sites is 1. The van der Waals surface area contributed by atoms with Crippen LogP contribution >= 0.6 is 11.6 Å². The highest BCUT2D eigenvalue weighted by molar-refractivity contribution is 6.30. The average molecular weight is 599 g/mol. The number of alkyl halides is 3. The standard InChI is InChI=1S/C27H22ClF3N8O3/c1-16-10-11-32-22(12-16)34-25(41)19-4-2-3-5-20(19)39-15-33-23(35-39)14-38-26(42)37(13-21(40)27(29,30)31)24(36-38)17-6-8-18(28)9-7-17/h2-12,15,21,40H,13-14H2,1H3,(H,32,34,41)/t21-/m0/s1. The van der Waals surface area contributed by atoms with Crippen molar-refractivity contribution in [2.45, 2.75) is 32.3 Å². The van der Waals surface area contributed by atoms with Gasteiger partial charge in [-0.1, -0.05) is 23.7 Å². The molecule has 2 aromatic carbocycles. The lowest BCUT2D eigenvalue weighted by Gasteiger charge is -2.15. The van der Waals surface area contributed by atoms with Gasteiger partial charge in [0, 0.05) is 16.8 Å². The predicted molar refractivity (Wildman–Crippen MR) is 146 cm³/mol. The molecular weight excluding hydrogens is 577 g/mol. The van der Waals surface area contributed by atoms with E-state index >= 15 is 0 Å². The number of benzene rings is 2. The molecule has 1 amide bonds. The Bertz CT molecular complexity index is 1800. The van der Waals surface area contributed by atoms with E-state index in [9.17, 15) is 27.9 Å². The molecule has 0 aliphatic carbocycles. The first-order chi connectivity index (χ1) is 20.0. The van der Waals surface area contributed by atoms with E-state index in [1.165, 1.54) is 35.3 Å². The summed E-state index contributed by atoms with van der Waals surface area (Å²) >= 11 is 5.93. The lowest BCUT2D eigenvalue weighted by atomic mass is 10.1. The van der Waals surface area contributed by atoms with Crippen molar-refractivity contribution in [3.05, 3.63) is 106 Å². The first kappa shape index (κ1) is 28.7. The van der Waals surface area contributed by atoms with Crippen molar-refractivity contribution >= 4 is 23.3 Å². The number of hydrogen-bond acceptors (Lipinski definition) is 7. The molecule has 216 valence electrons. The van der Waals surface area contributed by atoms with Crippen molar-refractivity contribution in [2.24, 2.45) is 0 Å². The number of aliphatic hydroxyl groups excluding tert-OH is 1. The molecular formula is C27H22ClF3N8O3. The smallest absolute Gasteiger partial charge is 0.382 e. The summed E-state index contributed by atoms with van der Waals surface area (Å²) in [6.07, 6.45) is -4.84. The number of nitrogens with one attached hydrogen (secondary N) is 1. The van der Waals surface area contributed by atoms with E-state index < -0.39 is 30.4 Å². The Hall–Kier alpha value is -4.82. The van der Waals surface area contributed by atoms with Crippen LogP contribution in [-0.4, -0.2) is 57.4 Å². The van der Waals surface area contributed by atoms with Crippen LogP contribution in [0.5, 0.6) is 0 Å². The third kappa shape index (κ3) is 6.24. The number of rotatable bonds is 8. The normalized spacial score (nSPS) is 12.3. The largest absolute Gasteiger partial charge is 0.416 e. The summed E-state index contributed by atoms with van der Waals surface area (Å²) in [5.74, 6) is -0.0785. The number of anilines is 1. The minimum absolute atomic E-state index is 0.0938. The highest BCUT2D eigenvalue weighted by Gasteiger charge is 2.39. The maximum atomic E-state index is 13.2. The summed E-state index contributed by atoms with van der Waals surface area (Å²) in [5, 5.41) is 21.4. The third-order valence-electron chi connectivity index (χ3n) is 6.14. The van der Waals surface area contributed by atoms with Gasteiger partial charge >= 0.3 is 11.9 Å². The summed E-state index contributed by atoms with van der Waals surface area (Å²) in [7, 11) is 0. The predicted octanol–water partition coefficient (Wildman–Crippen LogP) is 3.87. The van der Waals surface area contributed by atoms with Crippen molar-refractivity contribution in [3.8, 4) is 17.1 Å². The van der Waals surface area contributed by atoms with E-state index in [1.807, 2.05) is 6.92 Å². The van der Waals surface area contributed by atoms with Gasteiger partial charge in [0.1, 0.15) is 18.7 Å². The number of pyridine rings is 1. The molecule has 3 heterocycles. The SMILES string of the molecule is Cc1ccnc(NC(=O)c2ccccc2-n2cnc(Cn3nc(-c4ccc(Cl)cc4)n(C[C@H](O)C(F)(F)F)c3=O)n2)c1. The number of nitrogens with zero attached hydrogens (tertiary/aromatic N) is 7. The van der Waals surface area contributed by atoms with Gasteiger partial charge in [-0.05, 0) is 61.0 Å². The van der Waals surface area contributed by atoms with Crippen LogP contribution in [0.2, 0.25) is 5.02 Å². The zero-order valence-corrected chi connectivity index (χ0v) is 22.6. The molecule has 3 aromatic heterocycles. The van der Waals surface area contributed by atoms with Crippen LogP contribution < -0.4 is 11.0 Å². The summed E-state index contributed by atoms with van der Waals surface area (Å²) in [6.45, 7) is 0.497. The number of aliphatic hydroxyl groups is 1. The lowest BCUT2D eigenvalue weighted by molar-refractivity contribution is -0.207. The molecule has 0 aliphatic heterocycles. The van der Waals surface area contributed by atoms with Crippen molar-refractivity contribution < 1.29 is 23.1 Å². The van der Waals surface area contributed by atoms with Gasteiger partial charge in [-0.3, -0.25) is 9.36 Å². The highest BCUT2D eigenvalue weighted by Crippen LogP contribution is 2.24. The molecule has 0 radical (unpaired) electrons. The summed E-state index contributed by atoms with van der Waals surface area (Å²) in [4.78, 5) is 34.5. The molecule has 0 unspecified atom stereocenters. The second-order valence-corrected chi connectivity index (χ2v) is 9.67. The van der Waals surface area contributed by atoms with Crippen molar-refractivity contribution in [2.75, 3.05) is 5.32 Å². The first-order valence-electron chi connectivity index (χ1n) is 12.4. The van der Waals surface area contributed by atoms with Crippen LogP contribution in [0.3, 0.4) is 0 Å². The van der Waals surface area contributed by atoms with Crippen LogP contribution in [0.25, 0.3) is 17.1 Å². The van der Waals surface area contributed by atoms with Gasteiger partial charge in [-0.15, -0.1) is 10.2 Å².